The number of hydrogen-bond acceptors (Lipinski definition) is 1. The van der Waals surface area contributed by atoms with E-state index in [0.29, 0.717) is 5.02 Å². The van der Waals surface area contributed by atoms with E-state index in [1.807, 2.05) is 18.2 Å². The minimum atomic E-state index is 0.194. The maximum atomic E-state index is 9.28. The Hall–Kier alpha value is -0.730. The Kier molecular flexibility index (Phi) is 2.18. The molecule has 0 aromatic heterocycles. The van der Waals surface area contributed by atoms with Crippen molar-refractivity contribution < 1.29 is 5.11 Å². The highest BCUT2D eigenvalue weighted by molar-refractivity contribution is 9.10. The Morgan fingerprint density at radius 1 is 1.15 bits per heavy atom. The van der Waals surface area contributed by atoms with Crippen molar-refractivity contribution in [1.82, 2.24) is 0 Å². The summed E-state index contributed by atoms with van der Waals surface area (Å²) in [4.78, 5) is 0. The molecule has 3 heteroatoms. The number of halogens is 2. The third kappa shape index (κ3) is 1.64. The second-order valence-corrected chi connectivity index (χ2v) is 4.12. The first-order valence-corrected chi connectivity index (χ1v) is 4.92. The van der Waals surface area contributed by atoms with E-state index in [-0.39, 0.29) is 5.75 Å². The number of hydrogen-bond donors (Lipinski definition) is 1. The highest BCUT2D eigenvalue weighted by Crippen LogP contribution is 2.30. The number of aromatic hydroxyl groups is 1. The topological polar surface area (TPSA) is 20.2 Å². The fourth-order valence-corrected chi connectivity index (χ4v) is 1.91. The van der Waals surface area contributed by atoms with Crippen LogP contribution in [0.5, 0.6) is 5.75 Å². The molecule has 0 heterocycles. The fraction of sp³-hybridized carbons (Fsp3) is 0. The molecule has 2 aromatic rings. The van der Waals surface area contributed by atoms with Crippen LogP contribution < -0.4 is 0 Å². The third-order valence-electron chi connectivity index (χ3n) is 1.85. The minimum Gasteiger partial charge on any atom is -0.508 e. The Bertz CT molecular complexity index is 468. The molecule has 0 unspecified atom stereocenters. The zero-order valence-corrected chi connectivity index (χ0v) is 8.93. The van der Waals surface area contributed by atoms with E-state index in [9.17, 15) is 5.11 Å². The average molecular weight is 258 g/mol. The lowest BCUT2D eigenvalue weighted by Gasteiger charge is -2.02. The number of fused-ring (bicyclic) bond motifs is 1. The number of benzene rings is 2. The predicted molar refractivity (Wildman–Crippen MR) is 58.3 cm³/mol. The van der Waals surface area contributed by atoms with Crippen LogP contribution in [0, 0.1) is 0 Å². The molecule has 0 spiro atoms. The van der Waals surface area contributed by atoms with Gasteiger partial charge in [0.2, 0.25) is 0 Å². The number of phenolic OH excluding ortho intramolecular Hbond substituents is 1. The molecule has 66 valence electrons. The van der Waals surface area contributed by atoms with Gasteiger partial charge in [-0.25, -0.2) is 0 Å². The van der Waals surface area contributed by atoms with E-state index in [0.717, 1.165) is 15.2 Å². The summed E-state index contributed by atoms with van der Waals surface area (Å²) in [5, 5.41) is 11.7. The third-order valence-corrected chi connectivity index (χ3v) is 2.66. The monoisotopic (exact) mass is 256 g/mol. The van der Waals surface area contributed by atoms with Crippen LogP contribution in [-0.2, 0) is 0 Å². The van der Waals surface area contributed by atoms with E-state index >= 15 is 0 Å². The highest BCUT2D eigenvalue weighted by atomic mass is 79.9. The molecular weight excluding hydrogens is 251 g/mol. The first kappa shape index (κ1) is 8.85. The second-order valence-electron chi connectivity index (χ2n) is 2.79. The molecule has 0 radical (unpaired) electrons. The number of rotatable bonds is 0. The molecule has 0 bridgehead atoms. The molecule has 0 saturated heterocycles. The van der Waals surface area contributed by atoms with E-state index in [1.54, 1.807) is 6.07 Å². The van der Waals surface area contributed by atoms with Gasteiger partial charge in [-0.2, -0.15) is 0 Å². The van der Waals surface area contributed by atoms with E-state index < -0.39 is 0 Å². The largest absolute Gasteiger partial charge is 0.508 e. The summed E-state index contributed by atoms with van der Waals surface area (Å²) in [5.74, 6) is 0.194. The molecule has 1 N–H and O–H groups in total. The summed E-state index contributed by atoms with van der Waals surface area (Å²) < 4.78 is 0.979. The van der Waals surface area contributed by atoms with Crippen LogP contribution in [-0.4, -0.2) is 5.11 Å². The maximum absolute atomic E-state index is 9.28. The van der Waals surface area contributed by atoms with Gasteiger partial charge in [-0.15, -0.1) is 0 Å². The molecular formula is C10H6BrClO. The van der Waals surface area contributed by atoms with Gasteiger partial charge in [0.1, 0.15) is 5.75 Å². The van der Waals surface area contributed by atoms with Crippen LogP contribution in [0.4, 0.5) is 0 Å². The molecule has 0 saturated carbocycles. The predicted octanol–water partition coefficient (Wildman–Crippen LogP) is 3.96. The number of phenols is 1. The molecule has 0 amide bonds. The maximum Gasteiger partial charge on any atom is 0.117 e. The van der Waals surface area contributed by atoms with Crippen LogP contribution in [0.3, 0.4) is 0 Å². The van der Waals surface area contributed by atoms with Crippen LogP contribution in [0.2, 0.25) is 5.02 Å². The Balaban J connectivity index is 2.87. The van der Waals surface area contributed by atoms with Crippen LogP contribution in [0.25, 0.3) is 10.8 Å². The second kappa shape index (κ2) is 3.20. The van der Waals surface area contributed by atoms with Gasteiger partial charge >= 0.3 is 0 Å². The van der Waals surface area contributed by atoms with Gasteiger partial charge in [0, 0.05) is 9.86 Å². The summed E-state index contributed by atoms with van der Waals surface area (Å²) in [7, 11) is 0. The lowest BCUT2D eigenvalue weighted by Crippen LogP contribution is -1.75. The molecule has 0 fully saturated rings. The van der Waals surface area contributed by atoms with Gasteiger partial charge in [-0.3, -0.25) is 0 Å². The summed E-state index contributed by atoms with van der Waals surface area (Å²) in [5.41, 5.74) is 0. The first-order valence-electron chi connectivity index (χ1n) is 3.74. The van der Waals surface area contributed by atoms with Gasteiger partial charge in [-0.05, 0) is 29.7 Å². The van der Waals surface area contributed by atoms with Gasteiger partial charge in [-0.1, -0.05) is 33.6 Å². The van der Waals surface area contributed by atoms with Crippen molar-refractivity contribution in [2.75, 3.05) is 0 Å². The molecule has 0 aliphatic carbocycles. The van der Waals surface area contributed by atoms with Crippen molar-refractivity contribution in [3.05, 3.63) is 39.8 Å². The quantitative estimate of drug-likeness (QED) is 0.757. The highest BCUT2D eigenvalue weighted by Gasteiger charge is 2.01. The SMILES string of the molecule is Oc1cc(Cl)c2cc(Br)ccc2c1. The van der Waals surface area contributed by atoms with E-state index in [2.05, 4.69) is 15.9 Å². The smallest absolute Gasteiger partial charge is 0.117 e. The Labute approximate surface area is 89.1 Å². The van der Waals surface area contributed by atoms with Crippen LogP contribution in [0.15, 0.2) is 34.8 Å². The summed E-state index contributed by atoms with van der Waals surface area (Å²) >= 11 is 9.32. The van der Waals surface area contributed by atoms with E-state index in [1.165, 1.54) is 6.07 Å². The van der Waals surface area contributed by atoms with Gasteiger partial charge in [0.25, 0.3) is 0 Å². The zero-order valence-electron chi connectivity index (χ0n) is 6.59. The van der Waals surface area contributed by atoms with Crippen molar-refractivity contribution in [3.8, 4) is 5.75 Å². The lowest BCUT2D eigenvalue weighted by molar-refractivity contribution is 0.476. The molecule has 0 aliphatic heterocycles. The van der Waals surface area contributed by atoms with Crippen molar-refractivity contribution in [3.63, 3.8) is 0 Å². The van der Waals surface area contributed by atoms with Crippen molar-refractivity contribution in [1.29, 1.82) is 0 Å². The lowest BCUT2D eigenvalue weighted by atomic mass is 10.1. The molecule has 1 nitrogen and oxygen atoms in total. The normalized spacial score (nSPS) is 10.6. The van der Waals surface area contributed by atoms with Crippen molar-refractivity contribution in [2.45, 2.75) is 0 Å². The van der Waals surface area contributed by atoms with Gasteiger partial charge < -0.3 is 5.11 Å². The molecule has 13 heavy (non-hydrogen) atoms. The molecule has 2 rings (SSSR count). The summed E-state index contributed by atoms with van der Waals surface area (Å²) in [6.45, 7) is 0. The average Bonchev–Trinajstić information content (AvgIpc) is 2.06. The summed E-state index contributed by atoms with van der Waals surface area (Å²) in [6.07, 6.45) is 0. The van der Waals surface area contributed by atoms with Gasteiger partial charge in [0.15, 0.2) is 0 Å². The van der Waals surface area contributed by atoms with Crippen LogP contribution >= 0.6 is 27.5 Å². The summed E-state index contributed by atoms with van der Waals surface area (Å²) in [6, 6.07) is 8.98. The minimum absolute atomic E-state index is 0.194. The molecule has 0 atom stereocenters. The van der Waals surface area contributed by atoms with Crippen molar-refractivity contribution in [2.24, 2.45) is 0 Å². The van der Waals surface area contributed by atoms with E-state index in [4.69, 9.17) is 11.6 Å². The first-order chi connectivity index (χ1) is 6.16. The zero-order chi connectivity index (χ0) is 9.42. The van der Waals surface area contributed by atoms with Gasteiger partial charge in [0.05, 0.1) is 5.02 Å². The standard InChI is InChI=1S/C10H6BrClO/c11-7-2-1-6-3-8(13)5-10(12)9(6)4-7/h1-5,13H. The molecule has 0 aliphatic rings. The van der Waals surface area contributed by atoms with Crippen LogP contribution in [0.1, 0.15) is 0 Å². The fourth-order valence-electron chi connectivity index (χ4n) is 1.27. The van der Waals surface area contributed by atoms with Crippen molar-refractivity contribution >= 4 is 38.3 Å². The molecule has 2 aromatic carbocycles. The Morgan fingerprint density at radius 2 is 1.92 bits per heavy atom. The Morgan fingerprint density at radius 3 is 2.69 bits per heavy atom.